The van der Waals surface area contributed by atoms with Gasteiger partial charge in [0.25, 0.3) is 11.8 Å². The molecule has 9 heteroatoms. The van der Waals surface area contributed by atoms with E-state index in [0.29, 0.717) is 55.4 Å². The number of rotatable bonds is 2. The molecule has 1 unspecified atom stereocenters. The third-order valence-corrected chi connectivity index (χ3v) is 7.22. The molecule has 0 N–H and O–H groups in total. The Hall–Kier alpha value is -3.46. The molecule has 3 fully saturated rings. The maximum atomic E-state index is 13.8. The fraction of sp³-hybridized carbons (Fsp3) is 0.360. The van der Waals surface area contributed by atoms with Crippen molar-refractivity contribution in [3.8, 4) is 0 Å². The van der Waals surface area contributed by atoms with Crippen molar-refractivity contribution < 1.29 is 23.1 Å². The first kappa shape index (κ1) is 21.1. The average Bonchev–Trinajstić information content (AvgIpc) is 3.36. The van der Waals surface area contributed by atoms with Crippen LogP contribution >= 0.6 is 0 Å². The molecule has 3 aromatic rings. The summed E-state index contributed by atoms with van der Waals surface area (Å²) in [6, 6.07) is 10.3. The number of hydrogen-bond donors (Lipinski definition) is 0. The molecular weight excluding hydrogens is 442 g/mol. The van der Waals surface area contributed by atoms with Crippen LogP contribution in [0.3, 0.4) is 0 Å². The lowest BCUT2D eigenvalue weighted by molar-refractivity contribution is -0.142. The number of ether oxygens (including phenoxy) is 1. The largest absolute Gasteiger partial charge is 0.342 e. The number of halogens is 2. The molecule has 2 aromatic carbocycles. The average molecular weight is 464 g/mol. The van der Waals surface area contributed by atoms with E-state index in [2.05, 4.69) is 10.2 Å². The summed E-state index contributed by atoms with van der Waals surface area (Å²) in [7, 11) is 0. The summed E-state index contributed by atoms with van der Waals surface area (Å²) in [4.78, 5) is 30.1. The molecule has 0 saturated carbocycles. The zero-order chi connectivity index (χ0) is 23.4. The van der Waals surface area contributed by atoms with Crippen LogP contribution in [0.1, 0.15) is 47.6 Å². The van der Waals surface area contributed by atoms with Crippen molar-refractivity contribution >= 4 is 22.7 Å². The Morgan fingerprint density at radius 1 is 1.06 bits per heavy atom. The Morgan fingerprint density at radius 3 is 2.56 bits per heavy atom. The molecule has 0 aliphatic carbocycles. The maximum absolute atomic E-state index is 13.8. The van der Waals surface area contributed by atoms with Crippen molar-refractivity contribution in [2.24, 2.45) is 0 Å². The SMILES string of the molecule is O=C(c1cnnc2ccccc12)N1CCC2(CC1)OC1CC[C@@H](c3cc(F)cc(F)c3)N1C2=O. The van der Waals surface area contributed by atoms with Crippen LogP contribution in [0.5, 0.6) is 0 Å². The number of likely N-dealkylation sites (tertiary alicyclic amines) is 1. The molecule has 2 amide bonds. The number of fused-ring (bicyclic) bond motifs is 2. The molecule has 0 radical (unpaired) electrons. The van der Waals surface area contributed by atoms with E-state index < -0.39 is 29.5 Å². The van der Waals surface area contributed by atoms with Gasteiger partial charge in [0.15, 0.2) is 5.60 Å². The van der Waals surface area contributed by atoms with Crippen LogP contribution in [0.15, 0.2) is 48.7 Å². The van der Waals surface area contributed by atoms with Gasteiger partial charge < -0.3 is 14.5 Å². The van der Waals surface area contributed by atoms with Crippen molar-refractivity contribution in [3.05, 3.63) is 71.4 Å². The number of amides is 2. The van der Waals surface area contributed by atoms with Gasteiger partial charge in [-0.3, -0.25) is 9.59 Å². The molecule has 7 nitrogen and oxygen atoms in total. The lowest BCUT2D eigenvalue weighted by Gasteiger charge is -2.37. The predicted octanol–water partition coefficient (Wildman–Crippen LogP) is 3.60. The van der Waals surface area contributed by atoms with E-state index in [1.165, 1.54) is 18.3 Å². The first-order valence-electron chi connectivity index (χ1n) is 11.4. The van der Waals surface area contributed by atoms with Gasteiger partial charge in [0, 0.05) is 37.4 Å². The molecule has 3 aliphatic rings. The van der Waals surface area contributed by atoms with Gasteiger partial charge in [0.05, 0.1) is 23.3 Å². The number of benzene rings is 2. The van der Waals surface area contributed by atoms with Crippen molar-refractivity contribution in [3.63, 3.8) is 0 Å². The lowest BCUT2D eigenvalue weighted by Crippen LogP contribution is -2.51. The Balaban J connectivity index is 1.20. The second-order valence-corrected chi connectivity index (χ2v) is 9.14. The molecule has 3 aliphatic heterocycles. The second kappa shape index (κ2) is 7.80. The molecule has 2 atom stereocenters. The number of carbonyl (C=O) groups excluding carboxylic acids is 2. The number of nitrogens with zero attached hydrogens (tertiary/aromatic N) is 4. The van der Waals surface area contributed by atoms with Gasteiger partial charge in [-0.15, -0.1) is 0 Å². The topological polar surface area (TPSA) is 75.6 Å². The highest BCUT2D eigenvalue weighted by atomic mass is 19.1. The Kier molecular flexibility index (Phi) is 4.84. The highest BCUT2D eigenvalue weighted by Gasteiger charge is 2.58. The van der Waals surface area contributed by atoms with Gasteiger partial charge in [0.2, 0.25) is 0 Å². The number of carbonyl (C=O) groups is 2. The molecule has 1 spiro atoms. The van der Waals surface area contributed by atoms with Gasteiger partial charge in [-0.05, 0) is 36.6 Å². The van der Waals surface area contributed by atoms with Crippen molar-refractivity contribution in [1.82, 2.24) is 20.0 Å². The zero-order valence-electron chi connectivity index (χ0n) is 18.3. The van der Waals surface area contributed by atoms with E-state index in [1.54, 1.807) is 9.80 Å². The molecule has 0 bridgehead atoms. The summed E-state index contributed by atoms with van der Waals surface area (Å²) < 4.78 is 33.9. The first-order chi connectivity index (χ1) is 16.4. The summed E-state index contributed by atoms with van der Waals surface area (Å²) in [5.74, 6) is -1.64. The molecule has 4 heterocycles. The van der Waals surface area contributed by atoms with E-state index in [1.807, 2.05) is 24.3 Å². The lowest BCUT2D eigenvalue weighted by atomic mass is 9.89. The van der Waals surface area contributed by atoms with Crippen LogP contribution in [-0.4, -0.2) is 56.7 Å². The molecule has 34 heavy (non-hydrogen) atoms. The molecule has 6 rings (SSSR count). The van der Waals surface area contributed by atoms with Crippen LogP contribution in [0.4, 0.5) is 8.78 Å². The van der Waals surface area contributed by atoms with Crippen LogP contribution in [0.25, 0.3) is 10.9 Å². The second-order valence-electron chi connectivity index (χ2n) is 9.14. The molecule has 174 valence electrons. The minimum atomic E-state index is -1.01. The monoisotopic (exact) mass is 464 g/mol. The molecule has 1 aromatic heterocycles. The van der Waals surface area contributed by atoms with Crippen LogP contribution in [0.2, 0.25) is 0 Å². The third kappa shape index (κ3) is 3.26. The van der Waals surface area contributed by atoms with E-state index in [-0.39, 0.29) is 11.8 Å². The standard InChI is InChI=1S/C25H22F2N4O3/c26-16-11-15(12-17(27)13-16)21-5-6-22-31(21)24(33)25(34-22)7-9-30(10-8-25)23(32)19-14-28-29-20-4-2-1-3-18(19)20/h1-4,11-14,21-22H,5-10H2/t21-,22?/m0/s1. The van der Waals surface area contributed by atoms with Gasteiger partial charge in [-0.2, -0.15) is 10.2 Å². The van der Waals surface area contributed by atoms with E-state index >= 15 is 0 Å². The van der Waals surface area contributed by atoms with Crippen molar-refractivity contribution in [2.45, 2.75) is 43.6 Å². The predicted molar refractivity (Wildman–Crippen MR) is 117 cm³/mol. The van der Waals surface area contributed by atoms with Gasteiger partial charge in [0.1, 0.15) is 17.9 Å². The van der Waals surface area contributed by atoms with Crippen LogP contribution in [-0.2, 0) is 9.53 Å². The summed E-state index contributed by atoms with van der Waals surface area (Å²) in [5, 5.41) is 8.78. The number of aromatic nitrogens is 2. The van der Waals surface area contributed by atoms with Crippen LogP contribution < -0.4 is 0 Å². The smallest absolute Gasteiger partial charge is 0.257 e. The summed E-state index contributed by atoms with van der Waals surface area (Å²) in [6.45, 7) is 0.724. The maximum Gasteiger partial charge on any atom is 0.257 e. The highest BCUT2D eigenvalue weighted by Crippen LogP contribution is 2.47. The highest BCUT2D eigenvalue weighted by molar-refractivity contribution is 6.05. The summed E-state index contributed by atoms with van der Waals surface area (Å²) in [5.41, 5.74) is 0.564. The minimum absolute atomic E-state index is 0.153. The normalized spacial score (nSPS) is 23.6. The van der Waals surface area contributed by atoms with Gasteiger partial charge in [-0.25, -0.2) is 8.78 Å². The summed E-state index contributed by atoms with van der Waals surface area (Å²) in [6.07, 6.45) is 2.98. The summed E-state index contributed by atoms with van der Waals surface area (Å²) >= 11 is 0. The molecule has 3 saturated heterocycles. The minimum Gasteiger partial charge on any atom is -0.342 e. The Morgan fingerprint density at radius 2 is 1.79 bits per heavy atom. The van der Waals surface area contributed by atoms with Crippen LogP contribution in [0, 0.1) is 11.6 Å². The van der Waals surface area contributed by atoms with E-state index in [4.69, 9.17) is 4.74 Å². The van der Waals surface area contributed by atoms with Gasteiger partial charge >= 0.3 is 0 Å². The Bertz CT molecular complexity index is 1280. The molecular formula is C25H22F2N4O3. The fourth-order valence-electron chi connectivity index (χ4n) is 5.56. The van der Waals surface area contributed by atoms with Gasteiger partial charge in [-0.1, -0.05) is 18.2 Å². The van der Waals surface area contributed by atoms with Crippen molar-refractivity contribution in [1.29, 1.82) is 0 Å². The Labute approximate surface area is 194 Å². The fourth-order valence-corrected chi connectivity index (χ4v) is 5.56. The third-order valence-electron chi connectivity index (χ3n) is 7.22. The number of hydrogen-bond acceptors (Lipinski definition) is 5. The number of piperidine rings is 1. The van der Waals surface area contributed by atoms with Crippen molar-refractivity contribution in [2.75, 3.05) is 13.1 Å². The quantitative estimate of drug-likeness (QED) is 0.579. The first-order valence-corrected chi connectivity index (χ1v) is 11.4. The van der Waals surface area contributed by atoms with E-state index in [9.17, 15) is 18.4 Å². The zero-order valence-corrected chi connectivity index (χ0v) is 18.3. The van der Waals surface area contributed by atoms with E-state index in [0.717, 1.165) is 11.5 Å².